The molecule has 1 aliphatic rings. The fourth-order valence-electron chi connectivity index (χ4n) is 3.92. The van der Waals surface area contributed by atoms with Crippen molar-refractivity contribution in [3.8, 4) is 11.3 Å². The number of nitrogens with zero attached hydrogens (tertiary/aromatic N) is 3. The van der Waals surface area contributed by atoms with Gasteiger partial charge in [-0.1, -0.05) is 54.0 Å². The standard InChI is InChI=1S/C24H26ClN3O2/c1-2-14-28(23(29)19-10-12-20(25)13-11-19)17-21-22(18-8-4-3-5-9-18)26-30-24(21)27-15-6-7-16-27/h3-5,8-13H,2,6-7,14-17H2,1H3. The van der Waals surface area contributed by atoms with Crippen molar-refractivity contribution in [2.45, 2.75) is 32.7 Å². The van der Waals surface area contributed by atoms with E-state index in [1.54, 1.807) is 24.3 Å². The molecule has 0 radical (unpaired) electrons. The summed E-state index contributed by atoms with van der Waals surface area (Å²) < 4.78 is 5.83. The minimum atomic E-state index is -0.0129. The maximum atomic E-state index is 13.3. The van der Waals surface area contributed by atoms with Gasteiger partial charge in [-0.25, -0.2) is 0 Å². The first-order valence-corrected chi connectivity index (χ1v) is 10.9. The summed E-state index contributed by atoms with van der Waals surface area (Å²) in [6.45, 7) is 5.09. The Bertz CT molecular complexity index is 979. The summed E-state index contributed by atoms with van der Waals surface area (Å²) in [5, 5.41) is 5.04. The number of carbonyl (C=O) groups excluding carboxylic acids is 1. The molecule has 1 aromatic heterocycles. The molecule has 0 unspecified atom stereocenters. The van der Waals surface area contributed by atoms with Crippen molar-refractivity contribution in [2.75, 3.05) is 24.5 Å². The van der Waals surface area contributed by atoms with Gasteiger partial charge in [0.25, 0.3) is 5.91 Å². The van der Waals surface area contributed by atoms with E-state index in [0.717, 1.165) is 55.1 Å². The summed E-state index contributed by atoms with van der Waals surface area (Å²) in [6.07, 6.45) is 3.15. The number of halogens is 1. The molecule has 0 atom stereocenters. The molecule has 6 heteroatoms. The summed E-state index contributed by atoms with van der Waals surface area (Å²) in [6, 6.07) is 17.1. The minimum Gasteiger partial charge on any atom is -0.340 e. The van der Waals surface area contributed by atoms with Crippen LogP contribution < -0.4 is 4.90 Å². The van der Waals surface area contributed by atoms with Gasteiger partial charge in [-0.3, -0.25) is 4.79 Å². The van der Waals surface area contributed by atoms with Crippen molar-refractivity contribution in [3.05, 3.63) is 70.7 Å². The van der Waals surface area contributed by atoms with E-state index in [-0.39, 0.29) is 5.91 Å². The van der Waals surface area contributed by atoms with E-state index in [4.69, 9.17) is 16.1 Å². The van der Waals surface area contributed by atoms with Gasteiger partial charge in [-0.15, -0.1) is 0 Å². The summed E-state index contributed by atoms with van der Waals surface area (Å²) in [5.74, 6) is 0.775. The van der Waals surface area contributed by atoms with Gasteiger partial charge in [0.05, 0.1) is 12.1 Å². The Balaban J connectivity index is 1.70. The average Bonchev–Trinajstić information content (AvgIpc) is 3.44. The van der Waals surface area contributed by atoms with Crippen molar-refractivity contribution >= 4 is 23.4 Å². The van der Waals surface area contributed by atoms with Crippen LogP contribution in [-0.4, -0.2) is 35.6 Å². The molecule has 156 valence electrons. The Morgan fingerprint density at radius 1 is 1.10 bits per heavy atom. The number of hydrogen-bond acceptors (Lipinski definition) is 4. The number of aromatic nitrogens is 1. The number of anilines is 1. The number of hydrogen-bond donors (Lipinski definition) is 0. The average molecular weight is 424 g/mol. The van der Waals surface area contributed by atoms with Crippen molar-refractivity contribution in [3.63, 3.8) is 0 Å². The number of rotatable bonds is 7. The van der Waals surface area contributed by atoms with E-state index in [1.165, 1.54) is 0 Å². The predicted molar refractivity (Wildman–Crippen MR) is 120 cm³/mol. The van der Waals surface area contributed by atoms with Crippen molar-refractivity contribution in [2.24, 2.45) is 0 Å². The summed E-state index contributed by atoms with van der Waals surface area (Å²) in [4.78, 5) is 17.4. The highest BCUT2D eigenvalue weighted by molar-refractivity contribution is 6.30. The molecule has 1 fully saturated rings. The van der Waals surface area contributed by atoms with Gasteiger partial charge in [-0.2, -0.15) is 0 Å². The van der Waals surface area contributed by atoms with Crippen LogP contribution in [0.25, 0.3) is 11.3 Å². The lowest BCUT2D eigenvalue weighted by Gasteiger charge is -2.24. The highest BCUT2D eigenvalue weighted by Crippen LogP contribution is 2.34. The van der Waals surface area contributed by atoms with Crippen LogP contribution in [0.2, 0.25) is 5.02 Å². The quantitative estimate of drug-likeness (QED) is 0.492. The van der Waals surface area contributed by atoms with E-state index < -0.39 is 0 Å². The molecular formula is C24H26ClN3O2. The third-order valence-corrected chi connectivity index (χ3v) is 5.68. The van der Waals surface area contributed by atoms with Gasteiger partial charge in [-0.05, 0) is 43.5 Å². The molecule has 0 spiro atoms. The molecule has 0 saturated carbocycles. The zero-order valence-electron chi connectivity index (χ0n) is 17.2. The SMILES string of the molecule is CCCN(Cc1c(-c2ccccc2)noc1N1CCCC1)C(=O)c1ccc(Cl)cc1. The van der Waals surface area contributed by atoms with Crippen molar-refractivity contribution in [1.29, 1.82) is 0 Å². The van der Waals surface area contributed by atoms with Crippen LogP contribution in [-0.2, 0) is 6.54 Å². The molecule has 3 aromatic rings. The third kappa shape index (κ3) is 4.36. The molecule has 1 saturated heterocycles. The largest absolute Gasteiger partial charge is 0.340 e. The molecule has 0 aliphatic carbocycles. The lowest BCUT2D eigenvalue weighted by atomic mass is 10.1. The minimum absolute atomic E-state index is 0.0129. The molecule has 30 heavy (non-hydrogen) atoms. The van der Waals surface area contributed by atoms with Gasteiger partial charge in [0.1, 0.15) is 5.69 Å². The molecule has 1 aliphatic heterocycles. The lowest BCUT2D eigenvalue weighted by molar-refractivity contribution is 0.0743. The summed E-state index contributed by atoms with van der Waals surface area (Å²) in [7, 11) is 0. The maximum absolute atomic E-state index is 13.3. The van der Waals surface area contributed by atoms with E-state index in [9.17, 15) is 4.79 Å². The Labute approximate surface area is 182 Å². The van der Waals surface area contributed by atoms with E-state index in [1.807, 2.05) is 35.2 Å². The van der Waals surface area contributed by atoms with Crippen LogP contribution in [0.1, 0.15) is 42.1 Å². The first-order valence-electron chi connectivity index (χ1n) is 10.5. The normalized spacial score (nSPS) is 13.6. The molecule has 2 aromatic carbocycles. The van der Waals surface area contributed by atoms with Crippen molar-refractivity contribution in [1.82, 2.24) is 10.1 Å². The number of amides is 1. The van der Waals surface area contributed by atoms with E-state index in [0.29, 0.717) is 23.7 Å². The van der Waals surface area contributed by atoms with Gasteiger partial charge in [0.2, 0.25) is 5.88 Å². The number of carbonyl (C=O) groups is 1. The second-order valence-electron chi connectivity index (χ2n) is 7.61. The number of benzene rings is 2. The fraction of sp³-hybridized carbons (Fsp3) is 0.333. The molecule has 4 rings (SSSR count). The highest BCUT2D eigenvalue weighted by atomic mass is 35.5. The lowest BCUT2D eigenvalue weighted by Crippen LogP contribution is -2.32. The molecule has 0 N–H and O–H groups in total. The second kappa shape index (κ2) is 9.35. The molecular weight excluding hydrogens is 398 g/mol. The van der Waals surface area contributed by atoms with Crippen molar-refractivity contribution < 1.29 is 9.32 Å². The van der Waals surface area contributed by atoms with Crippen LogP contribution in [0.4, 0.5) is 5.88 Å². The van der Waals surface area contributed by atoms with Gasteiger partial charge in [0.15, 0.2) is 0 Å². The van der Waals surface area contributed by atoms with E-state index in [2.05, 4.69) is 17.0 Å². The van der Waals surface area contributed by atoms with Crippen LogP contribution in [0.5, 0.6) is 0 Å². The Kier molecular flexibility index (Phi) is 6.38. The van der Waals surface area contributed by atoms with Crippen LogP contribution in [0.15, 0.2) is 59.1 Å². The smallest absolute Gasteiger partial charge is 0.254 e. The van der Waals surface area contributed by atoms with Gasteiger partial charge in [0, 0.05) is 35.8 Å². The van der Waals surface area contributed by atoms with Crippen LogP contribution in [0, 0.1) is 0 Å². The Morgan fingerprint density at radius 2 is 1.80 bits per heavy atom. The zero-order valence-corrected chi connectivity index (χ0v) is 17.9. The maximum Gasteiger partial charge on any atom is 0.254 e. The second-order valence-corrected chi connectivity index (χ2v) is 8.05. The Morgan fingerprint density at radius 3 is 2.47 bits per heavy atom. The Hall–Kier alpha value is -2.79. The van der Waals surface area contributed by atoms with Crippen LogP contribution >= 0.6 is 11.6 Å². The molecule has 2 heterocycles. The molecule has 1 amide bonds. The highest BCUT2D eigenvalue weighted by Gasteiger charge is 2.27. The first-order chi connectivity index (χ1) is 14.7. The zero-order chi connectivity index (χ0) is 20.9. The van der Waals surface area contributed by atoms with Gasteiger partial charge < -0.3 is 14.3 Å². The summed E-state index contributed by atoms with van der Waals surface area (Å²) >= 11 is 6.00. The summed E-state index contributed by atoms with van der Waals surface area (Å²) in [5.41, 5.74) is 3.41. The molecule has 0 bridgehead atoms. The topological polar surface area (TPSA) is 49.6 Å². The monoisotopic (exact) mass is 423 g/mol. The van der Waals surface area contributed by atoms with E-state index >= 15 is 0 Å². The third-order valence-electron chi connectivity index (χ3n) is 5.43. The van der Waals surface area contributed by atoms with Crippen LogP contribution in [0.3, 0.4) is 0 Å². The predicted octanol–water partition coefficient (Wildman–Crippen LogP) is 5.65. The molecule has 5 nitrogen and oxygen atoms in total. The first kappa shape index (κ1) is 20.5. The fourth-order valence-corrected chi connectivity index (χ4v) is 4.05. The van der Waals surface area contributed by atoms with Gasteiger partial charge >= 0.3 is 0 Å².